The van der Waals surface area contributed by atoms with E-state index in [1.165, 1.54) is 6.07 Å². The number of carboxylic acids is 1. The van der Waals surface area contributed by atoms with Gasteiger partial charge in [0.1, 0.15) is 23.9 Å². The Bertz CT molecular complexity index is 1550. The van der Waals surface area contributed by atoms with Crippen molar-refractivity contribution in [2.24, 2.45) is 11.8 Å². The van der Waals surface area contributed by atoms with Crippen molar-refractivity contribution in [3.63, 3.8) is 0 Å². The largest absolute Gasteiger partial charge is 0.487 e. The molecule has 1 aromatic heterocycles. The van der Waals surface area contributed by atoms with Crippen LogP contribution in [0.1, 0.15) is 84.4 Å². The van der Waals surface area contributed by atoms with Gasteiger partial charge in [0.05, 0.1) is 24.1 Å². The maximum absolute atomic E-state index is 15.4. The summed E-state index contributed by atoms with van der Waals surface area (Å²) in [5, 5.41) is 18.3. The molecule has 0 spiro atoms. The van der Waals surface area contributed by atoms with Gasteiger partial charge in [-0.15, -0.1) is 5.10 Å². The summed E-state index contributed by atoms with van der Waals surface area (Å²) in [6.07, 6.45) is 4.51. The summed E-state index contributed by atoms with van der Waals surface area (Å²) >= 11 is 0. The van der Waals surface area contributed by atoms with Crippen LogP contribution in [0.25, 0.3) is 0 Å². The third-order valence-electron chi connectivity index (χ3n) is 9.01. The molecule has 0 radical (unpaired) electrons. The molecular weight excluding hydrogens is 553 g/mol. The molecule has 2 aromatic carbocycles. The van der Waals surface area contributed by atoms with E-state index in [9.17, 15) is 19.5 Å². The molecule has 1 aliphatic carbocycles. The Morgan fingerprint density at radius 2 is 1.88 bits per heavy atom. The Labute approximate surface area is 249 Å². The van der Waals surface area contributed by atoms with Gasteiger partial charge in [-0.05, 0) is 62.4 Å². The number of ether oxygens (including phenoxy) is 1. The van der Waals surface area contributed by atoms with E-state index in [0.717, 1.165) is 18.4 Å². The van der Waals surface area contributed by atoms with Gasteiger partial charge in [-0.3, -0.25) is 14.4 Å². The van der Waals surface area contributed by atoms with Crippen LogP contribution in [-0.4, -0.2) is 60.8 Å². The number of fused-ring (bicyclic) bond motifs is 2. The summed E-state index contributed by atoms with van der Waals surface area (Å²) < 4.78 is 23.4. The van der Waals surface area contributed by atoms with Crippen LogP contribution in [0.4, 0.5) is 4.39 Å². The third kappa shape index (κ3) is 5.48. The minimum Gasteiger partial charge on any atom is -0.487 e. The van der Waals surface area contributed by atoms with E-state index < -0.39 is 29.7 Å². The van der Waals surface area contributed by atoms with Gasteiger partial charge in [0, 0.05) is 36.8 Å². The molecular formula is C32H36FN5O5. The van der Waals surface area contributed by atoms with Crippen molar-refractivity contribution in [2.45, 2.75) is 71.2 Å². The lowest BCUT2D eigenvalue weighted by Crippen LogP contribution is -2.50. The smallest absolute Gasteiger partial charge is 0.307 e. The standard InChI is InChI=1S/C32H36FN5O5/c1-19(2)38-16-21(34-35-38)18-43-28-12-11-26(33)25-13-14-37(31(40)23-9-5-6-10-24(23)32(41)42)27(29(25)28)17-36-15-20-7-3-4-8-22(20)30(36)39/h3-4,7-8,11-12,16,19,23-24,27H,5-6,9-10,13-15,17-18H2,1-2H3,(H,41,42)/t23-,24+,27?/m1/s1. The lowest BCUT2D eigenvalue weighted by atomic mass is 9.77. The summed E-state index contributed by atoms with van der Waals surface area (Å²) in [6.45, 7) is 4.78. The van der Waals surface area contributed by atoms with Crippen LogP contribution in [-0.2, 0) is 29.2 Å². The zero-order valence-corrected chi connectivity index (χ0v) is 24.4. The van der Waals surface area contributed by atoms with Crippen molar-refractivity contribution in [1.29, 1.82) is 0 Å². The molecule has 226 valence electrons. The van der Waals surface area contributed by atoms with E-state index in [-0.39, 0.29) is 44.0 Å². The highest BCUT2D eigenvalue weighted by molar-refractivity contribution is 5.98. The SMILES string of the molecule is CC(C)n1cc(COc2ccc(F)c3c2C(CN2Cc4ccccc4C2=O)N(C(=O)[C@@H]2CCCC[C@@H]2C(=O)O)CC3)nn1. The van der Waals surface area contributed by atoms with E-state index in [0.29, 0.717) is 47.5 Å². The highest BCUT2D eigenvalue weighted by Crippen LogP contribution is 2.42. The fraction of sp³-hybridized carbons (Fsp3) is 0.469. The number of aromatic nitrogens is 3. The fourth-order valence-corrected chi connectivity index (χ4v) is 6.75. The predicted octanol–water partition coefficient (Wildman–Crippen LogP) is 4.55. The average Bonchev–Trinajstić information content (AvgIpc) is 3.61. The number of hydrogen-bond acceptors (Lipinski definition) is 6. The van der Waals surface area contributed by atoms with Gasteiger partial charge >= 0.3 is 5.97 Å². The number of amides is 2. The van der Waals surface area contributed by atoms with Gasteiger partial charge in [0.15, 0.2) is 0 Å². The summed E-state index contributed by atoms with van der Waals surface area (Å²) in [5.41, 5.74) is 3.06. The molecule has 6 rings (SSSR count). The Hall–Kier alpha value is -4.28. The molecule has 1 N–H and O–H groups in total. The first-order chi connectivity index (χ1) is 20.7. The highest BCUT2D eigenvalue weighted by Gasteiger charge is 2.44. The number of hydrogen-bond donors (Lipinski definition) is 1. The van der Waals surface area contributed by atoms with Crippen LogP contribution in [0.3, 0.4) is 0 Å². The molecule has 3 aliphatic rings. The van der Waals surface area contributed by atoms with Gasteiger partial charge in [-0.1, -0.05) is 36.3 Å². The van der Waals surface area contributed by atoms with Crippen LogP contribution in [0, 0.1) is 17.7 Å². The summed E-state index contributed by atoms with van der Waals surface area (Å²) in [4.78, 5) is 43.1. The first kappa shape index (κ1) is 28.8. The van der Waals surface area contributed by atoms with Crippen molar-refractivity contribution in [2.75, 3.05) is 13.1 Å². The maximum atomic E-state index is 15.4. The van der Waals surface area contributed by atoms with Crippen molar-refractivity contribution in [3.8, 4) is 5.75 Å². The highest BCUT2D eigenvalue weighted by atomic mass is 19.1. The molecule has 0 saturated heterocycles. The second kappa shape index (κ2) is 11.8. The number of carbonyl (C=O) groups is 3. The van der Waals surface area contributed by atoms with Crippen molar-refractivity contribution in [1.82, 2.24) is 24.8 Å². The number of benzene rings is 2. The van der Waals surface area contributed by atoms with Gasteiger partial charge in [-0.2, -0.15) is 0 Å². The Kier molecular flexibility index (Phi) is 7.89. The van der Waals surface area contributed by atoms with E-state index in [2.05, 4.69) is 10.3 Å². The second-order valence-corrected chi connectivity index (χ2v) is 12.0. The second-order valence-electron chi connectivity index (χ2n) is 12.0. The van der Waals surface area contributed by atoms with Gasteiger partial charge in [0.2, 0.25) is 5.91 Å². The molecule has 1 unspecified atom stereocenters. The molecule has 3 heterocycles. The fourth-order valence-electron chi connectivity index (χ4n) is 6.75. The molecule has 1 fully saturated rings. The first-order valence-electron chi connectivity index (χ1n) is 15.0. The zero-order chi connectivity index (χ0) is 30.2. The summed E-state index contributed by atoms with van der Waals surface area (Å²) in [7, 11) is 0. The molecule has 1 saturated carbocycles. The number of aliphatic carboxylic acids is 1. The van der Waals surface area contributed by atoms with E-state index in [1.807, 2.05) is 32.0 Å². The van der Waals surface area contributed by atoms with Crippen LogP contribution < -0.4 is 4.74 Å². The quantitative estimate of drug-likeness (QED) is 0.410. The topological polar surface area (TPSA) is 118 Å². The molecule has 3 atom stereocenters. The number of rotatable bonds is 8. The van der Waals surface area contributed by atoms with E-state index >= 15 is 4.39 Å². The lowest BCUT2D eigenvalue weighted by Gasteiger charge is -2.42. The van der Waals surface area contributed by atoms with Gasteiger partial charge in [0.25, 0.3) is 5.91 Å². The molecule has 0 bridgehead atoms. The van der Waals surface area contributed by atoms with Gasteiger partial charge < -0.3 is 19.6 Å². The average molecular weight is 590 g/mol. The number of carbonyl (C=O) groups excluding carboxylic acids is 2. The van der Waals surface area contributed by atoms with Crippen molar-refractivity contribution >= 4 is 17.8 Å². The summed E-state index contributed by atoms with van der Waals surface area (Å²) in [5.74, 6) is -2.83. The van der Waals surface area contributed by atoms with Crippen LogP contribution >= 0.6 is 0 Å². The summed E-state index contributed by atoms with van der Waals surface area (Å²) in [6, 6.07) is 9.72. The van der Waals surface area contributed by atoms with Crippen LogP contribution in [0.15, 0.2) is 42.6 Å². The van der Waals surface area contributed by atoms with Crippen molar-refractivity contribution in [3.05, 3.63) is 76.4 Å². The first-order valence-corrected chi connectivity index (χ1v) is 15.0. The van der Waals surface area contributed by atoms with Crippen molar-refractivity contribution < 1.29 is 28.6 Å². The van der Waals surface area contributed by atoms with E-state index in [1.54, 1.807) is 32.8 Å². The molecule has 3 aromatic rings. The van der Waals surface area contributed by atoms with Crippen LogP contribution in [0.2, 0.25) is 0 Å². The molecule has 10 nitrogen and oxygen atoms in total. The van der Waals surface area contributed by atoms with Gasteiger partial charge in [-0.25, -0.2) is 9.07 Å². The predicted molar refractivity (Wildman–Crippen MR) is 154 cm³/mol. The number of carboxylic acid groups (broad SMARTS) is 1. The minimum atomic E-state index is -0.971. The Morgan fingerprint density at radius 3 is 2.60 bits per heavy atom. The Morgan fingerprint density at radius 1 is 1.12 bits per heavy atom. The third-order valence-corrected chi connectivity index (χ3v) is 9.01. The normalized spacial score (nSPS) is 21.6. The number of nitrogens with zero attached hydrogens (tertiary/aromatic N) is 5. The zero-order valence-electron chi connectivity index (χ0n) is 24.4. The molecule has 11 heteroatoms. The minimum absolute atomic E-state index is 0.0866. The molecule has 43 heavy (non-hydrogen) atoms. The maximum Gasteiger partial charge on any atom is 0.307 e. The van der Waals surface area contributed by atoms with Crippen LogP contribution in [0.5, 0.6) is 5.75 Å². The monoisotopic (exact) mass is 589 g/mol. The Balaban J connectivity index is 1.37. The van der Waals surface area contributed by atoms with E-state index in [4.69, 9.17) is 4.74 Å². The lowest BCUT2D eigenvalue weighted by molar-refractivity contribution is -0.153. The molecule has 2 aliphatic heterocycles. The number of halogens is 1. The molecule has 2 amide bonds.